The van der Waals surface area contributed by atoms with Crippen LogP contribution in [0.5, 0.6) is 0 Å². The molecular formula is C22H27F3N6O. The molecule has 4 rings (SSSR count). The summed E-state index contributed by atoms with van der Waals surface area (Å²) in [5.41, 5.74) is 0.897. The van der Waals surface area contributed by atoms with Crippen LogP contribution in [0.1, 0.15) is 61.0 Å². The van der Waals surface area contributed by atoms with Crippen molar-refractivity contribution < 1.29 is 17.7 Å². The highest BCUT2D eigenvalue weighted by Crippen LogP contribution is 2.40. The van der Waals surface area contributed by atoms with Crippen molar-refractivity contribution in [2.75, 3.05) is 32.1 Å². The molecule has 32 heavy (non-hydrogen) atoms. The van der Waals surface area contributed by atoms with E-state index in [1.54, 1.807) is 26.2 Å². The highest BCUT2D eigenvalue weighted by Gasteiger charge is 2.38. The maximum absolute atomic E-state index is 13.9. The first kappa shape index (κ1) is 22.4. The number of anilines is 1. The smallest absolute Gasteiger partial charge is 0.347 e. The standard InChI is InChI=1S/C22H27F3N6O/c1-13(2)17-8-16(22(23,24)25)18-19(29-32-20(18)28-17)15-6-5-7-31(12-15)11-14-9-26-21(27-10-14)30(3)4/h8-10,13,15H,5-7,11-12H2,1-4H3. The number of piperidine rings is 1. The Morgan fingerprint density at radius 2 is 1.94 bits per heavy atom. The lowest BCUT2D eigenvalue weighted by Gasteiger charge is -2.32. The third-order valence-corrected chi connectivity index (χ3v) is 5.78. The molecule has 0 radical (unpaired) electrons. The predicted molar refractivity (Wildman–Crippen MR) is 115 cm³/mol. The Labute approximate surface area is 184 Å². The van der Waals surface area contributed by atoms with Crippen LogP contribution in [0.15, 0.2) is 23.0 Å². The molecule has 172 valence electrons. The van der Waals surface area contributed by atoms with E-state index in [0.29, 0.717) is 30.4 Å². The average molecular weight is 448 g/mol. The lowest BCUT2D eigenvalue weighted by atomic mass is 9.91. The third kappa shape index (κ3) is 4.55. The summed E-state index contributed by atoms with van der Waals surface area (Å²) >= 11 is 0. The van der Waals surface area contributed by atoms with E-state index in [2.05, 4.69) is 25.0 Å². The number of aromatic nitrogens is 4. The number of likely N-dealkylation sites (tertiary alicyclic amines) is 1. The van der Waals surface area contributed by atoms with Crippen LogP contribution in [0, 0.1) is 0 Å². The zero-order chi connectivity index (χ0) is 23.0. The second kappa shape index (κ2) is 8.65. The first-order chi connectivity index (χ1) is 15.1. The molecule has 3 aromatic rings. The minimum absolute atomic E-state index is 0.00702. The number of pyridine rings is 1. The summed E-state index contributed by atoms with van der Waals surface area (Å²) in [4.78, 5) is 17.0. The monoisotopic (exact) mass is 448 g/mol. The molecule has 3 aromatic heterocycles. The van der Waals surface area contributed by atoms with Gasteiger partial charge in [0.05, 0.1) is 16.6 Å². The summed E-state index contributed by atoms with van der Waals surface area (Å²) in [6.07, 6.45) is 0.671. The summed E-state index contributed by atoms with van der Waals surface area (Å²) in [6.45, 7) is 5.67. The Balaban J connectivity index is 1.61. The van der Waals surface area contributed by atoms with Gasteiger partial charge in [0.1, 0.15) is 0 Å². The lowest BCUT2D eigenvalue weighted by molar-refractivity contribution is -0.136. The SMILES string of the molecule is CC(C)c1cc(C(F)(F)F)c2c(C3CCCN(Cc4cnc(N(C)C)nc4)C3)noc2n1. The van der Waals surface area contributed by atoms with E-state index in [1.165, 1.54) is 0 Å². The molecule has 1 unspecified atom stereocenters. The van der Waals surface area contributed by atoms with E-state index < -0.39 is 11.7 Å². The summed E-state index contributed by atoms with van der Waals surface area (Å²) in [7, 11) is 3.75. The quantitative estimate of drug-likeness (QED) is 0.565. The van der Waals surface area contributed by atoms with Crippen molar-refractivity contribution in [3.63, 3.8) is 0 Å². The van der Waals surface area contributed by atoms with Gasteiger partial charge in [-0.2, -0.15) is 13.2 Å². The maximum atomic E-state index is 13.9. The largest absolute Gasteiger partial charge is 0.417 e. The lowest BCUT2D eigenvalue weighted by Crippen LogP contribution is -2.34. The molecule has 1 aliphatic rings. The van der Waals surface area contributed by atoms with Gasteiger partial charge >= 0.3 is 6.18 Å². The molecule has 0 amide bonds. The molecule has 0 aliphatic carbocycles. The Morgan fingerprint density at radius 1 is 1.22 bits per heavy atom. The van der Waals surface area contributed by atoms with Crippen molar-refractivity contribution in [2.45, 2.75) is 51.2 Å². The summed E-state index contributed by atoms with van der Waals surface area (Å²) in [6, 6.07) is 1.14. The fourth-order valence-electron chi connectivity index (χ4n) is 4.13. The van der Waals surface area contributed by atoms with Gasteiger partial charge in [-0.3, -0.25) is 4.90 Å². The van der Waals surface area contributed by atoms with Gasteiger partial charge in [-0.15, -0.1) is 0 Å². The third-order valence-electron chi connectivity index (χ3n) is 5.78. The Kier molecular flexibility index (Phi) is 6.07. The van der Waals surface area contributed by atoms with Crippen LogP contribution >= 0.6 is 0 Å². The van der Waals surface area contributed by atoms with E-state index in [0.717, 1.165) is 31.0 Å². The molecule has 0 N–H and O–H groups in total. The number of halogens is 3. The van der Waals surface area contributed by atoms with Gasteiger partial charge in [0, 0.05) is 56.8 Å². The van der Waals surface area contributed by atoms with E-state index in [-0.39, 0.29) is 22.9 Å². The van der Waals surface area contributed by atoms with Crippen LogP contribution in [0.4, 0.5) is 19.1 Å². The van der Waals surface area contributed by atoms with Crippen LogP contribution in [0.2, 0.25) is 0 Å². The topological polar surface area (TPSA) is 71.2 Å². The number of hydrogen-bond donors (Lipinski definition) is 0. The fourth-order valence-corrected chi connectivity index (χ4v) is 4.13. The van der Waals surface area contributed by atoms with Crippen LogP contribution in [0.3, 0.4) is 0 Å². The van der Waals surface area contributed by atoms with Crippen molar-refractivity contribution in [1.82, 2.24) is 25.0 Å². The van der Waals surface area contributed by atoms with Gasteiger partial charge in [0.25, 0.3) is 5.71 Å². The Hall–Kier alpha value is -2.75. The predicted octanol–water partition coefficient (Wildman–Crippen LogP) is 4.60. The van der Waals surface area contributed by atoms with Crippen molar-refractivity contribution in [1.29, 1.82) is 0 Å². The van der Waals surface area contributed by atoms with Gasteiger partial charge in [-0.25, -0.2) is 15.0 Å². The van der Waals surface area contributed by atoms with E-state index in [9.17, 15) is 13.2 Å². The summed E-state index contributed by atoms with van der Waals surface area (Å²) < 4.78 is 47.1. The zero-order valence-corrected chi connectivity index (χ0v) is 18.6. The Bertz CT molecular complexity index is 1080. The number of rotatable bonds is 5. The van der Waals surface area contributed by atoms with Crippen LogP contribution < -0.4 is 4.90 Å². The molecule has 0 saturated carbocycles. The minimum atomic E-state index is -4.51. The molecule has 1 aliphatic heterocycles. The number of fused-ring (bicyclic) bond motifs is 1. The molecule has 10 heteroatoms. The second-order valence-electron chi connectivity index (χ2n) is 8.86. The molecule has 1 saturated heterocycles. The first-order valence-corrected chi connectivity index (χ1v) is 10.7. The minimum Gasteiger partial charge on any atom is -0.347 e. The van der Waals surface area contributed by atoms with Crippen LogP contribution in [0.25, 0.3) is 11.1 Å². The number of nitrogens with zero attached hydrogens (tertiary/aromatic N) is 6. The summed E-state index contributed by atoms with van der Waals surface area (Å²) in [5.74, 6) is 0.312. The normalized spacial score (nSPS) is 17.9. The summed E-state index contributed by atoms with van der Waals surface area (Å²) in [5, 5.41) is 4.06. The molecule has 4 heterocycles. The molecule has 0 spiro atoms. The first-order valence-electron chi connectivity index (χ1n) is 10.7. The van der Waals surface area contributed by atoms with Crippen LogP contribution in [-0.4, -0.2) is 52.2 Å². The Morgan fingerprint density at radius 3 is 2.56 bits per heavy atom. The van der Waals surface area contributed by atoms with Crippen molar-refractivity contribution >= 4 is 17.0 Å². The van der Waals surface area contributed by atoms with E-state index in [4.69, 9.17) is 4.52 Å². The molecule has 0 aromatic carbocycles. The van der Waals surface area contributed by atoms with Crippen molar-refractivity contribution in [3.8, 4) is 0 Å². The maximum Gasteiger partial charge on any atom is 0.417 e. The number of hydrogen-bond acceptors (Lipinski definition) is 7. The van der Waals surface area contributed by atoms with Gasteiger partial charge in [0.15, 0.2) is 0 Å². The van der Waals surface area contributed by atoms with Crippen molar-refractivity contribution in [2.24, 2.45) is 0 Å². The highest BCUT2D eigenvalue weighted by atomic mass is 19.4. The van der Waals surface area contributed by atoms with E-state index in [1.807, 2.05) is 19.0 Å². The number of alkyl halides is 3. The van der Waals surface area contributed by atoms with E-state index >= 15 is 0 Å². The average Bonchev–Trinajstić information content (AvgIpc) is 3.17. The van der Waals surface area contributed by atoms with Gasteiger partial charge in [0.2, 0.25) is 5.95 Å². The fraction of sp³-hybridized carbons (Fsp3) is 0.545. The van der Waals surface area contributed by atoms with Crippen LogP contribution in [-0.2, 0) is 12.7 Å². The van der Waals surface area contributed by atoms with Gasteiger partial charge < -0.3 is 9.42 Å². The molecule has 7 nitrogen and oxygen atoms in total. The molecule has 1 fully saturated rings. The molecule has 0 bridgehead atoms. The zero-order valence-electron chi connectivity index (χ0n) is 18.6. The second-order valence-corrected chi connectivity index (χ2v) is 8.86. The van der Waals surface area contributed by atoms with Gasteiger partial charge in [-0.05, 0) is 31.4 Å². The molecular weight excluding hydrogens is 421 g/mol. The van der Waals surface area contributed by atoms with Gasteiger partial charge in [-0.1, -0.05) is 19.0 Å². The molecule has 1 atom stereocenters. The highest BCUT2D eigenvalue weighted by molar-refractivity contribution is 5.81. The van der Waals surface area contributed by atoms with Crippen molar-refractivity contribution in [3.05, 3.63) is 41.0 Å².